The quantitative estimate of drug-likeness (QED) is 0.527. The minimum absolute atomic E-state index is 0.455. The highest BCUT2D eigenvalue weighted by molar-refractivity contribution is 7.10. The molecule has 2 aliphatic heterocycles. The van der Waals surface area contributed by atoms with E-state index in [1.165, 1.54) is 10.4 Å². The van der Waals surface area contributed by atoms with Crippen molar-refractivity contribution in [2.24, 2.45) is 0 Å². The summed E-state index contributed by atoms with van der Waals surface area (Å²) in [5.41, 5.74) is 10.3. The Labute approximate surface area is 202 Å². The Balaban J connectivity index is 1.39. The molecule has 3 aromatic rings. The van der Waals surface area contributed by atoms with Gasteiger partial charge in [-0.15, -0.1) is 11.3 Å². The fourth-order valence-electron chi connectivity index (χ4n) is 4.35. The van der Waals surface area contributed by atoms with Crippen LogP contribution in [0, 0.1) is 0 Å². The average molecular weight is 486 g/mol. The lowest BCUT2D eigenvalue weighted by Crippen LogP contribution is -2.44. The number of thiophene rings is 1. The molecule has 0 unspecified atom stereocenters. The van der Waals surface area contributed by atoms with Crippen LogP contribution in [-0.2, 0) is 13.0 Å². The number of hydrogen-bond acceptors (Lipinski definition) is 9. The number of nitrogens with zero attached hydrogens (tertiary/aromatic N) is 5. The number of nitrogens with one attached hydrogen (secondary N) is 1. The molecule has 0 bridgehead atoms. The second-order valence-corrected chi connectivity index (χ2v) is 9.84. The molecular formula is C23H28ClN7OS. The first kappa shape index (κ1) is 22.1. The molecule has 1 saturated heterocycles. The van der Waals surface area contributed by atoms with Gasteiger partial charge in [-0.3, -0.25) is 0 Å². The fourth-order valence-corrected chi connectivity index (χ4v) is 5.51. The van der Waals surface area contributed by atoms with E-state index in [0.29, 0.717) is 22.4 Å². The van der Waals surface area contributed by atoms with Crippen molar-refractivity contribution in [1.82, 2.24) is 14.9 Å². The maximum absolute atomic E-state index is 6.49. The number of aromatic nitrogens is 2. The first-order chi connectivity index (χ1) is 16.0. The molecule has 3 N–H and O–H groups in total. The highest BCUT2D eigenvalue weighted by Gasteiger charge is 2.22. The molecule has 1 fully saturated rings. The number of fused-ring (bicyclic) bond motifs is 1. The number of nitrogens with two attached hydrogens (primary N) is 1. The molecule has 0 amide bonds. The zero-order valence-electron chi connectivity index (χ0n) is 18.8. The van der Waals surface area contributed by atoms with Crippen molar-refractivity contribution in [1.29, 1.82) is 0 Å². The van der Waals surface area contributed by atoms with Crippen LogP contribution >= 0.6 is 22.9 Å². The molecule has 0 radical (unpaired) electrons. The Morgan fingerprint density at radius 2 is 1.97 bits per heavy atom. The lowest BCUT2D eigenvalue weighted by molar-refractivity contribution is 0.313. The van der Waals surface area contributed by atoms with Gasteiger partial charge in [0.1, 0.15) is 10.8 Å². The van der Waals surface area contributed by atoms with E-state index < -0.39 is 0 Å². The summed E-state index contributed by atoms with van der Waals surface area (Å²) in [7, 11) is 3.79. The van der Waals surface area contributed by atoms with Crippen LogP contribution < -0.4 is 25.6 Å². The maximum Gasteiger partial charge on any atom is 0.229 e. The van der Waals surface area contributed by atoms with Gasteiger partial charge in [-0.05, 0) is 36.5 Å². The van der Waals surface area contributed by atoms with Gasteiger partial charge >= 0.3 is 0 Å². The number of benzene rings is 1. The van der Waals surface area contributed by atoms with Crippen LogP contribution in [-0.4, -0.2) is 61.7 Å². The minimum Gasteiger partial charge on any atom is -0.494 e. The van der Waals surface area contributed by atoms with Crippen LogP contribution in [0.2, 0.25) is 5.02 Å². The molecule has 33 heavy (non-hydrogen) atoms. The second kappa shape index (κ2) is 9.24. The summed E-state index contributed by atoms with van der Waals surface area (Å²) in [5, 5.41) is 5.97. The van der Waals surface area contributed by atoms with E-state index in [2.05, 4.69) is 43.5 Å². The Morgan fingerprint density at radius 3 is 2.76 bits per heavy atom. The summed E-state index contributed by atoms with van der Waals surface area (Å²) in [6.45, 7) is 5.55. The van der Waals surface area contributed by atoms with Crippen LogP contribution in [0.15, 0.2) is 29.8 Å². The fraction of sp³-hybridized carbons (Fsp3) is 0.391. The molecule has 10 heteroatoms. The molecule has 2 aromatic heterocycles. The van der Waals surface area contributed by atoms with E-state index >= 15 is 0 Å². The number of nitrogen functional groups attached to an aromatic ring is 1. The summed E-state index contributed by atoms with van der Waals surface area (Å²) in [5.74, 6) is 1.88. The molecule has 0 spiro atoms. The first-order valence-electron chi connectivity index (χ1n) is 11.0. The standard InChI is InChI=1S/C23H28ClN7OS/c1-29-6-8-30(9-7-29)19-12-20(32-2)18(11-17(19)25)27-23-26-13-16(24)22(28-23)31-5-3-15-4-10-33-21(15)14-31/h4,10-13H,3,5-9,14,25H2,1-2H3,(H,26,27,28). The summed E-state index contributed by atoms with van der Waals surface area (Å²) < 4.78 is 5.68. The van der Waals surface area contributed by atoms with Crippen LogP contribution in [0.25, 0.3) is 0 Å². The molecule has 174 valence electrons. The van der Waals surface area contributed by atoms with Gasteiger partial charge in [0.15, 0.2) is 5.82 Å². The second-order valence-electron chi connectivity index (χ2n) is 8.43. The van der Waals surface area contributed by atoms with Crippen LogP contribution in [0.4, 0.5) is 28.8 Å². The predicted octanol–water partition coefficient (Wildman–Crippen LogP) is 3.84. The monoisotopic (exact) mass is 485 g/mol. The van der Waals surface area contributed by atoms with E-state index in [0.717, 1.165) is 62.9 Å². The summed E-state index contributed by atoms with van der Waals surface area (Å²) in [4.78, 5) is 17.3. The Bertz CT molecular complexity index is 1150. The van der Waals surface area contributed by atoms with Gasteiger partial charge in [0.05, 0.1) is 36.9 Å². The number of likely N-dealkylation sites (N-methyl/N-ethyl adjacent to an activating group) is 1. The van der Waals surface area contributed by atoms with Crippen molar-refractivity contribution in [2.45, 2.75) is 13.0 Å². The molecule has 5 rings (SSSR count). The van der Waals surface area contributed by atoms with Crippen molar-refractivity contribution in [3.8, 4) is 5.75 Å². The summed E-state index contributed by atoms with van der Waals surface area (Å²) in [6, 6.07) is 6.08. The number of halogens is 1. The van der Waals surface area contributed by atoms with Crippen LogP contribution in [0.1, 0.15) is 10.4 Å². The lowest BCUT2D eigenvalue weighted by atomic mass is 10.1. The molecule has 2 aliphatic rings. The Hall–Kier alpha value is -2.75. The van der Waals surface area contributed by atoms with E-state index in [4.69, 9.17) is 27.1 Å². The van der Waals surface area contributed by atoms with E-state index in [9.17, 15) is 0 Å². The number of ether oxygens (including phenoxy) is 1. The molecular weight excluding hydrogens is 458 g/mol. The van der Waals surface area contributed by atoms with Crippen molar-refractivity contribution in [2.75, 3.05) is 67.7 Å². The van der Waals surface area contributed by atoms with Gasteiger partial charge < -0.3 is 30.5 Å². The van der Waals surface area contributed by atoms with Crippen LogP contribution in [0.3, 0.4) is 0 Å². The number of rotatable bonds is 5. The zero-order chi connectivity index (χ0) is 22.9. The minimum atomic E-state index is 0.455. The zero-order valence-corrected chi connectivity index (χ0v) is 20.4. The molecule has 0 aliphatic carbocycles. The largest absolute Gasteiger partial charge is 0.494 e. The highest BCUT2D eigenvalue weighted by atomic mass is 35.5. The molecule has 1 aromatic carbocycles. The normalized spacial score (nSPS) is 16.6. The molecule has 4 heterocycles. The predicted molar refractivity (Wildman–Crippen MR) is 137 cm³/mol. The van der Waals surface area contributed by atoms with Crippen molar-refractivity contribution in [3.05, 3.63) is 45.2 Å². The van der Waals surface area contributed by atoms with Gasteiger partial charge in [0, 0.05) is 43.7 Å². The molecule has 0 saturated carbocycles. The maximum atomic E-state index is 6.49. The number of hydrogen-bond donors (Lipinski definition) is 2. The van der Waals surface area contributed by atoms with E-state index in [-0.39, 0.29) is 0 Å². The third-order valence-electron chi connectivity index (χ3n) is 6.29. The topological polar surface area (TPSA) is 82.8 Å². The van der Waals surface area contributed by atoms with Gasteiger partial charge in [0.25, 0.3) is 0 Å². The smallest absolute Gasteiger partial charge is 0.229 e. The van der Waals surface area contributed by atoms with Crippen molar-refractivity contribution < 1.29 is 4.74 Å². The number of piperazine rings is 1. The SMILES string of the molecule is COc1cc(N2CCN(C)CC2)c(N)cc1Nc1ncc(Cl)c(N2CCc3ccsc3C2)n1. The Morgan fingerprint density at radius 1 is 1.15 bits per heavy atom. The third-order valence-corrected chi connectivity index (χ3v) is 7.50. The lowest BCUT2D eigenvalue weighted by Gasteiger charge is -2.35. The molecule has 8 nitrogen and oxygen atoms in total. The van der Waals surface area contributed by atoms with Gasteiger partial charge in [-0.25, -0.2) is 4.98 Å². The highest BCUT2D eigenvalue weighted by Crippen LogP contribution is 2.38. The molecule has 0 atom stereocenters. The number of methoxy groups -OCH3 is 1. The Kier molecular flexibility index (Phi) is 6.18. The summed E-state index contributed by atoms with van der Waals surface area (Å²) in [6.07, 6.45) is 2.63. The van der Waals surface area contributed by atoms with Gasteiger partial charge in [0.2, 0.25) is 5.95 Å². The van der Waals surface area contributed by atoms with E-state index in [1.807, 2.05) is 12.1 Å². The summed E-state index contributed by atoms with van der Waals surface area (Å²) >= 11 is 8.26. The van der Waals surface area contributed by atoms with Crippen molar-refractivity contribution in [3.63, 3.8) is 0 Å². The van der Waals surface area contributed by atoms with Crippen LogP contribution in [0.5, 0.6) is 5.75 Å². The first-order valence-corrected chi connectivity index (χ1v) is 12.3. The number of anilines is 5. The van der Waals surface area contributed by atoms with Crippen molar-refractivity contribution >= 4 is 51.8 Å². The van der Waals surface area contributed by atoms with Gasteiger partial charge in [-0.2, -0.15) is 4.98 Å². The average Bonchev–Trinajstić information content (AvgIpc) is 3.29. The third kappa shape index (κ3) is 4.53. The van der Waals surface area contributed by atoms with E-state index in [1.54, 1.807) is 24.6 Å². The van der Waals surface area contributed by atoms with Gasteiger partial charge in [-0.1, -0.05) is 11.6 Å².